The first-order valence-electron chi connectivity index (χ1n) is 9.83. The van der Waals surface area contributed by atoms with Gasteiger partial charge in [-0.15, -0.1) is 30.6 Å². The van der Waals surface area contributed by atoms with E-state index < -0.39 is 0 Å². The summed E-state index contributed by atoms with van der Waals surface area (Å²) in [5.74, 6) is 0.903. The number of halogens is 2. The van der Waals surface area contributed by atoms with Crippen LogP contribution >= 0.6 is 35.6 Å². The van der Waals surface area contributed by atoms with Crippen molar-refractivity contribution in [1.29, 1.82) is 0 Å². The number of aliphatic imine (C=N–C) groups is 1. The summed E-state index contributed by atoms with van der Waals surface area (Å²) >= 11 is 6.03. The van der Waals surface area contributed by atoms with Crippen molar-refractivity contribution in [3.8, 4) is 0 Å². The first kappa shape index (κ1) is 25.2. The molecule has 0 bridgehead atoms. The average molecular weight is 520 g/mol. The van der Waals surface area contributed by atoms with Gasteiger partial charge in [-0.05, 0) is 51.6 Å². The first-order chi connectivity index (χ1) is 13.0. The van der Waals surface area contributed by atoms with Gasteiger partial charge in [-0.2, -0.15) is 0 Å². The van der Waals surface area contributed by atoms with E-state index in [1.807, 2.05) is 18.2 Å². The summed E-state index contributed by atoms with van der Waals surface area (Å²) in [6.45, 7) is 10.7. The predicted octanol–water partition coefficient (Wildman–Crippen LogP) is 3.77. The quantitative estimate of drug-likeness (QED) is 0.238. The Balaban J connectivity index is 0.00000392. The van der Waals surface area contributed by atoms with E-state index in [0.29, 0.717) is 12.6 Å². The molecule has 2 rings (SSSR count). The molecule has 1 fully saturated rings. The lowest BCUT2D eigenvalue weighted by Gasteiger charge is -2.32. The van der Waals surface area contributed by atoms with Crippen molar-refractivity contribution < 1.29 is 0 Å². The van der Waals surface area contributed by atoms with Crippen LogP contribution in [0.3, 0.4) is 0 Å². The Kier molecular flexibility index (Phi) is 12.1. The van der Waals surface area contributed by atoms with Crippen molar-refractivity contribution in [2.75, 3.05) is 46.8 Å². The summed E-state index contributed by atoms with van der Waals surface area (Å²) in [7, 11) is 4.18. The molecule has 0 aromatic heterocycles. The third kappa shape index (κ3) is 8.27. The fraction of sp³-hybridized carbons (Fsp3) is 0.571. The highest BCUT2D eigenvalue weighted by Gasteiger charge is 2.20. The fourth-order valence-electron chi connectivity index (χ4n) is 3.39. The minimum atomic E-state index is 0. The largest absolute Gasteiger partial charge is 0.357 e. The molecule has 0 amide bonds. The van der Waals surface area contributed by atoms with E-state index in [2.05, 4.69) is 60.2 Å². The molecule has 28 heavy (non-hydrogen) atoms. The number of nitrogens with zero attached hydrogens (tertiary/aromatic N) is 3. The minimum absolute atomic E-state index is 0. The average Bonchev–Trinajstić information content (AvgIpc) is 2.65. The molecule has 1 saturated heterocycles. The number of likely N-dealkylation sites (N-methyl/N-ethyl adjacent to an activating group) is 1. The number of guanidine groups is 1. The number of piperidine rings is 1. The van der Waals surface area contributed by atoms with Gasteiger partial charge in [-0.25, -0.2) is 0 Å². The van der Waals surface area contributed by atoms with E-state index in [4.69, 9.17) is 16.6 Å². The van der Waals surface area contributed by atoms with Crippen LogP contribution in [0.25, 0.3) is 0 Å². The minimum Gasteiger partial charge on any atom is -0.357 e. The highest BCUT2D eigenvalue weighted by atomic mass is 127. The van der Waals surface area contributed by atoms with E-state index in [0.717, 1.165) is 50.0 Å². The second-order valence-corrected chi connectivity index (χ2v) is 7.69. The smallest absolute Gasteiger partial charge is 0.191 e. The zero-order chi connectivity index (χ0) is 19.6. The Hall–Kier alpha value is -0.830. The second-order valence-electron chi connectivity index (χ2n) is 7.26. The van der Waals surface area contributed by atoms with Gasteiger partial charge < -0.3 is 15.5 Å². The van der Waals surface area contributed by atoms with Crippen LogP contribution in [0.5, 0.6) is 0 Å². The van der Waals surface area contributed by atoms with Crippen molar-refractivity contribution in [3.05, 3.63) is 47.5 Å². The SMILES string of the molecule is C=CCN1CCC(NC(=NCC(c2ccc(Cl)cc2)N(C)C)NCC)CC1.I. The highest BCUT2D eigenvalue weighted by molar-refractivity contribution is 14.0. The molecule has 158 valence electrons. The van der Waals surface area contributed by atoms with Crippen LogP contribution < -0.4 is 10.6 Å². The number of benzene rings is 1. The summed E-state index contributed by atoms with van der Waals surface area (Å²) in [4.78, 5) is 9.51. The van der Waals surface area contributed by atoms with Crippen LogP contribution in [0.1, 0.15) is 31.4 Å². The molecule has 1 aromatic rings. The van der Waals surface area contributed by atoms with Gasteiger partial charge in [0.15, 0.2) is 5.96 Å². The van der Waals surface area contributed by atoms with Crippen molar-refractivity contribution in [2.45, 2.75) is 31.8 Å². The van der Waals surface area contributed by atoms with Crippen LogP contribution in [0, 0.1) is 0 Å². The van der Waals surface area contributed by atoms with Crippen molar-refractivity contribution in [1.82, 2.24) is 20.4 Å². The van der Waals surface area contributed by atoms with Gasteiger partial charge in [0.2, 0.25) is 0 Å². The van der Waals surface area contributed by atoms with E-state index in [1.165, 1.54) is 5.56 Å². The molecule has 7 heteroatoms. The molecule has 1 aromatic carbocycles. The molecule has 1 unspecified atom stereocenters. The third-order valence-corrected chi connectivity index (χ3v) is 5.21. The van der Waals surface area contributed by atoms with Crippen LogP contribution in [0.4, 0.5) is 0 Å². The van der Waals surface area contributed by atoms with Gasteiger partial charge in [0, 0.05) is 37.2 Å². The molecule has 0 radical (unpaired) electrons. The number of likely N-dealkylation sites (tertiary alicyclic amines) is 1. The number of nitrogens with one attached hydrogen (secondary N) is 2. The van der Waals surface area contributed by atoms with Crippen molar-refractivity contribution in [2.24, 2.45) is 4.99 Å². The van der Waals surface area contributed by atoms with Crippen LogP contribution in [-0.4, -0.2) is 68.6 Å². The molecule has 1 aliphatic rings. The van der Waals surface area contributed by atoms with Crippen molar-refractivity contribution in [3.63, 3.8) is 0 Å². The summed E-state index contributed by atoms with van der Waals surface area (Å²) in [5.41, 5.74) is 1.22. The molecular weight excluding hydrogens is 485 g/mol. The molecule has 5 nitrogen and oxygen atoms in total. The zero-order valence-electron chi connectivity index (χ0n) is 17.3. The van der Waals surface area contributed by atoms with Crippen LogP contribution in [-0.2, 0) is 0 Å². The maximum absolute atomic E-state index is 6.03. The van der Waals surface area contributed by atoms with E-state index in [1.54, 1.807) is 0 Å². The van der Waals surface area contributed by atoms with Gasteiger partial charge in [0.1, 0.15) is 0 Å². The summed E-state index contributed by atoms with van der Waals surface area (Å²) < 4.78 is 0. The molecule has 2 N–H and O–H groups in total. The molecular formula is C21H35ClIN5. The Morgan fingerprint density at radius 3 is 2.50 bits per heavy atom. The van der Waals surface area contributed by atoms with E-state index >= 15 is 0 Å². The van der Waals surface area contributed by atoms with Gasteiger partial charge in [0.25, 0.3) is 0 Å². The predicted molar refractivity (Wildman–Crippen MR) is 132 cm³/mol. The normalized spacial score (nSPS) is 17.1. The molecule has 0 spiro atoms. The number of hydrogen-bond donors (Lipinski definition) is 2. The third-order valence-electron chi connectivity index (χ3n) is 4.96. The topological polar surface area (TPSA) is 42.9 Å². The Morgan fingerprint density at radius 2 is 1.96 bits per heavy atom. The van der Waals surface area contributed by atoms with Crippen LogP contribution in [0.15, 0.2) is 41.9 Å². The Labute approximate surface area is 192 Å². The van der Waals surface area contributed by atoms with Gasteiger partial charge in [-0.3, -0.25) is 9.89 Å². The fourth-order valence-corrected chi connectivity index (χ4v) is 3.51. The van der Waals surface area contributed by atoms with E-state index in [9.17, 15) is 0 Å². The molecule has 1 heterocycles. The number of rotatable bonds is 8. The standard InChI is InChI=1S/C21H34ClN5.HI/c1-5-13-27-14-11-19(12-15-27)25-21(23-6-2)24-16-20(26(3)4)17-7-9-18(22)10-8-17;/h5,7-10,19-20H,1,6,11-16H2,2-4H3,(H2,23,24,25);1H. The molecule has 1 aliphatic heterocycles. The number of hydrogen-bond acceptors (Lipinski definition) is 3. The zero-order valence-corrected chi connectivity index (χ0v) is 20.4. The van der Waals surface area contributed by atoms with E-state index in [-0.39, 0.29) is 30.0 Å². The maximum Gasteiger partial charge on any atom is 0.191 e. The lowest BCUT2D eigenvalue weighted by atomic mass is 10.1. The van der Waals surface area contributed by atoms with Gasteiger partial charge in [-0.1, -0.05) is 29.8 Å². The lowest BCUT2D eigenvalue weighted by Crippen LogP contribution is -2.48. The first-order valence-corrected chi connectivity index (χ1v) is 10.2. The summed E-state index contributed by atoms with van der Waals surface area (Å²) in [5, 5.41) is 7.77. The molecule has 0 aliphatic carbocycles. The van der Waals surface area contributed by atoms with Crippen LogP contribution in [0.2, 0.25) is 5.02 Å². The van der Waals surface area contributed by atoms with Gasteiger partial charge in [0.05, 0.1) is 12.6 Å². The Morgan fingerprint density at radius 1 is 1.32 bits per heavy atom. The summed E-state index contributed by atoms with van der Waals surface area (Å²) in [6, 6.07) is 8.73. The Bertz CT molecular complexity index is 597. The lowest BCUT2D eigenvalue weighted by molar-refractivity contribution is 0.225. The summed E-state index contributed by atoms with van der Waals surface area (Å²) in [6.07, 6.45) is 4.25. The highest BCUT2D eigenvalue weighted by Crippen LogP contribution is 2.21. The molecule has 0 saturated carbocycles. The monoisotopic (exact) mass is 519 g/mol. The molecule has 1 atom stereocenters. The maximum atomic E-state index is 6.03. The second kappa shape index (κ2) is 13.4. The van der Waals surface area contributed by atoms with Crippen molar-refractivity contribution >= 4 is 41.5 Å². The van der Waals surface area contributed by atoms with Gasteiger partial charge >= 0.3 is 0 Å².